The fraction of sp³-hybridized carbons (Fsp3) is 0.385. The van der Waals surface area contributed by atoms with E-state index in [4.69, 9.17) is 4.52 Å². The summed E-state index contributed by atoms with van der Waals surface area (Å²) in [6.07, 6.45) is 0.708. The van der Waals surface area contributed by atoms with Crippen LogP contribution < -0.4 is 0 Å². The van der Waals surface area contributed by atoms with Gasteiger partial charge in [-0.2, -0.15) is 4.98 Å². The minimum atomic E-state index is 0.315. The fourth-order valence-electron chi connectivity index (χ4n) is 1.45. The van der Waals surface area contributed by atoms with Gasteiger partial charge in [-0.15, -0.1) is 0 Å². The summed E-state index contributed by atoms with van der Waals surface area (Å²) in [6.45, 7) is 6.19. The molecule has 0 unspecified atom stereocenters. The lowest BCUT2D eigenvalue weighted by molar-refractivity contribution is 0.377. The van der Waals surface area contributed by atoms with Gasteiger partial charge in [0.25, 0.3) is 0 Å². The number of hydrogen-bond donors (Lipinski definition) is 0. The van der Waals surface area contributed by atoms with E-state index in [0.717, 1.165) is 5.82 Å². The molecule has 0 aliphatic heterocycles. The Morgan fingerprint density at radius 2 is 1.88 bits per heavy atom. The summed E-state index contributed by atoms with van der Waals surface area (Å²) in [5.41, 5.74) is 2.46. The highest BCUT2D eigenvalue weighted by atomic mass is 16.5. The van der Waals surface area contributed by atoms with E-state index in [0.29, 0.717) is 18.2 Å². The topological polar surface area (TPSA) is 38.9 Å². The third kappa shape index (κ3) is 2.48. The predicted octanol–water partition coefficient (Wildman–Crippen LogP) is 3.09. The van der Waals surface area contributed by atoms with Crippen LogP contribution in [0.1, 0.15) is 42.6 Å². The van der Waals surface area contributed by atoms with Crippen LogP contribution in [-0.4, -0.2) is 10.1 Å². The highest BCUT2D eigenvalue weighted by molar-refractivity contribution is 5.23. The predicted molar refractivity (Wildman–Crippen MR) is 62.4 cm³/mol. The largest absolute Gasteiger partial charge is 0.339 e. The van der Waals surface area contributed by atoms with Gasteiger partial charge < -0.3 is 4.52 Å². The minimum Gasteiger partial charge on any atom is -0.339 e. The lowest BCUT2D eigenvalue weighted by atomic mass is 10.1. The van der Waals surface area contributed by atoms with Gasteiger partial charge in [-0.3, -0.25) is 0 Å². The number of hydrogen-bond acceptors (Lipinski definition) is 3. The zero-order chi connectivity index (χ0) is 11.5. The maximum absolute atomic E-state index is 5.20. The smallest absolute Gasteiger partial charge is 0.231 e. The summed E-state index contributed by atoms with van der Waals surface area (Å²) in [4.78, 5) is 4.35. The summed E-state index contributed by atoms with van der Waals surface area (Å²) in [7, 11) is 0. The van der Waals surface area contributed by atoms with E-state index >= 15 is 0 Å². The van der Waals surface area contributed by atoms with Gasteiger partial charge in [-0.25, -0.2) is 0 Å². The van der Waals surface area contributed by atoms with E-state index < -0.39 is 0 Å². The SMILES string of the molecule is Cc1ccc(Cc2nc(C(C)C)no2)cc1. The number of nitrogens with zero attached hydrogens (tertiary/aromatic N) is 2. The van der Waals surface area contributed by atoms with Crippen LogP contribution in [0, 0.1) is 6.92 Å². The van der Waals surface area contributed by atoms with Crippen LogP contribution in [0.2, 0.25) is 0 Å². The zero-order valence-corrected chi connectivity index (χ0v) is 9.90. The van der Waals surface area contributed by atoms with Crippen LogP contribution in [0.15, 0.2) is 28.8 Å². The average molecular weight is 216 g/mol. The summed E-state index contributed by atoms with van der Waals surface area (Å²) >= 11 is 0. The van der Waals surface area contributed by atoms with Crippen LogP contribution in [0.3, 0.4) is 0 Å². The summed E-state index contributed by atoms with van der Waals surface area (Å²) < 4.78 is 5.20. The highest BCUT2D eigenvalue weighted by Gasteiger charge is 2.09. The molecule has 0 spiro atoms. The van der Waals surface area contributed by atoms with Crippen molar-refractivity contribution >= 4 is 0 Å². The Hall–Kier alpha value is -1.64. The van der Waals surface area contributed by atoms with Crippen LogP contribution >= 0.6 is 0 Å². The van der Waals surface area contributed by atoms with E-state index in [9.17, 15) is 0 Å². The molecule has 1 aromatic carbocycles. The van der Waals surface area contributed by atoms with Gasteiger partial charge in [0.05, 0.1) is 6.42 Å². The summed E-state index contributed by atoms with van der Waals surface area (Å²) in [5, 5.41) is 3.94. The Labute approximate surface area is 95.5 Å². The van der Waals surface area contributed by atoms with Crippen molar-refractivity contribution in [1.29, 1.82) is 0 Å². The van der Waals surface area contributed by atoms with Crippen molar-refractivity contribution in [3.8, 4) is 0 Å². The molecular formula is C13H16N2O. The van der Waals surface area contributed by atoms with Crippen molar-refractivity contribution < 1.29 is 4.52 Å². The lowest BCUT2D eigenvalue weighted by Crippen LogP contribution is -1.92. The average Bonchev–Trinajstić information content (AvgIpc) is 2.70. The van der Waals surface area contributed by atoms with Gasteiger partial charge in [0.1, 0.15) is 0 Å². The first-order valence-electron chi connectivity index (χ1n) is 5.53. The molecule has 84 valence electrons. The monoisotopic (exact) mass is 216 g/mol. The summed E-state index contributed by atoms with van der Waals surface area (Å²) in [6, 6.07) is 8.37. The molecule has 0 fully saturated rings. The standard InChI is InChI=1S/C13H16N2O/c1-9(2)13-14-12(16-15-13)8-11-6-4-10(3)5-7-11/h4-7,9H,8H2,1-3H3. The van der Waals surface area contributed by atoms with Gasteiger partial charge in [0, 0.05) is 5.92 Å². The second-order valence-electron chi connectivity index (χ2n) is 4.36. The third-order valence-electron chi connectivity index (χ3n) is 2.48. The molecule has 0 saturated heterocycles. The molecule has 2 aromatic rings. The van der Waals surface area contributed by atoms with Gasteiger partial charge >= 0.3 is 0 Å². The van der Waals surface area contributed by atoms with Crippen LogP contribution in [0.4, 0.5) is 0 Å². The van der Waals surface area contributed by atoms with Crippen molar-refractivity contribution in [3.05, 3.63) is 47.1 Å². The molecule has 3 nitrogen and oxygen atoms in total. The van der Waals surface area contributed by atoms with Crippen LogP contribution in [0.5, 0.6) is 0 Å². The van der Waals surface area contributed by atoms with Gasteiger partial charge in [-0.1, -0.05) is 48.8 Å². The van der Waals surface area contributed by atoms with E-state index in [1.807, 2.05) is 0 Å². The lowest BCUT2D eigenvalue weighted by Gasteiger charge is -1.97. The molecule has 16 heavy (non-hydrogen) atoms. The van der Waals surface area contributed by atoms with Crippen LogP contribution in [-0.2, 0) is 6.42 Å². The third-order valence-corrected chi connectivity index (χ3v) is 2.48. The maximum atomic E-state index is 5.20. The Morgan fingerprint density at radius 1 is 1.19 bits per heavy atom. The van der Waals surface area contributed by atoms with Gasteiger partial charge in [0.2, 0.25) is 5.89 Å². The zero-order valence-electron chi connectivity index (χ0n) is 9.90. The number of rotatable bonds is 3. The van der Waals surface area contributed by atoms with Crippen molar-refractivity contribution in [1.82, 2.24) is 10.1 Å². The molecule has 1 heterocycles. The maximum Gasteiger partial charge on any atom is 0.231 e. The highest BCUT2D eigenvalue weighted by Crippen LogP contribution is 2.13. The first-order chi connectivity index (χ1) is 7.65. The molecule has 0 radical (unpaired) electrons. The Balaban J connectivity index is 2.11. The molecule has 0 saturated carbocycles. The molecule has 2 rings (SSSR count). The first kappa shape index (κ1) is 10.9. The molecular weight excluding hydrogens is 200 g/mol. The van der Waals surface area contributed by atoms with E-state index in [-0.39, 0.29) is 0 Å². The van der Waals surface area contributed by atoms with Gasteiger partial charge in [0.15, 0.2) is 5.82 Å². The first-order valence-corrected chi connectivity index (χ1v) is 5.53. The Morgan fingerprint density at radius 3 is 2.44 bits per heavy atom. The molecule has 0 aliphatic carbocycles. The molecule has 0 N–H and O–H groups in total. The molecule has 1 aromatic heterocycles. The number of benzene rings is 1. The summed E-state index contributed by atoms with van der Waals surface area (Å²) in [5.74, 6) is 1.78. The van der Waals surface area contributed by atoms with Crippen molar-refractivity contribution in [2.24, 2.45) is 0 Å². The van der Waals surface area contributed by atoms with E-state index in [1.54, 1.807) is 0 Å². The number of aryl methyl sites for hydroxylation is 1. The van der Waals surface area contributed by atoms with Crippen molar-refractivity contribution in [3.63, 3.8) is 0 Å². The molecule has 0 atom stereocenters. The number of aromatic nitrogens is 2. The fourth-order valence-corrected chi connectivity index (χ4v) is 1.45. The molecule has 0 amide bonds. The Kier molecular flexibility index (Phi) is 3.04. The van der Waals surface area contributed by atoms with E-state index in [1.165, 1.54) is 11.1 Å². The molecule has 0 bridgehead atoms. The van der Waals surface area contributed by atoms with Gasteiger partial charge in [-0.05, 0) is 12.5 Å². The molecule has 0 aliphatic rings. The second-order valence-corrected chi connectivity index (χ2v) is 4.36. The van der Waals surface area contributed by atoms with Crippen LogP contribution in [0.25, 0.3) is 0 Å². The molecule has 3 heteroatoms. The quantitative estimate of drug-likeness (QED) is 0.791. The normalized spacial score (nSPS) is 11.0. The second kappa shape index (κ2) is 4.47. The van der Waals surface area contributed by atoms with Crippen molar-refractivity contribution in [2.45, 2.75) is 33.1 Å². The van der Waals surface area contributed by atoms with E-state index in [2.05, 4.69) is 55.2 Å². The van der Waals surface area contributed by atoms with Crippen molar-refractivity contribution in [2.75, 3.05) is 0 Å². The Bertz CT molecular complexity index is 457. The minimum absolute atomic E-state index is 0.315.